The average molecular weight is 249 g/mol. The molecule has 0 spiro atoms. The van der Waals surface area contributed by atoms with E-state index in [0.29, 0.717) is 0 Å². The van der Waals surface area contributed by atoms with Gasteiger partial charge in [-0.05, 0) is 43.6 Å². The van der Waals surface area contributed by atoms with Crippen molar-refractivity contribution in [3.8, 4) is 5.75 Å². The van der Waals surface area contributed by atoms with Crippen molar-refractivity contribution in [2.24, 2.45) is 0 Å². The average Bonchev–Trinajstić information content (AvgIpc) is 2.42. The van der Waals surface area contributed by atoms with Crippen molar-refractivity contribution in [2.45, 2.75) is 46.1 Å². The zero-order valence-electron chi connectivity index (χ0n) is 12.1. The molecular formula is C16H27NO. The fraction of sp³-hybridized carbons (Fsp3) is 0.625. The van der Waals surface area contributed by atoms with Gasteiger partial charge in [-0.3, -0.25) is 4.90 Å². The van der Waals surface area contributed by atoms with E-state index in [4.69, 9.17) is 4.74 Å². The second-order valence-electron chi connectivity index (χ2n) is 4.83. The summed E-state index contributed by atoms with van der Waals surface area (Å²) >= 11 is 0. The smallest absolute Gasteiger partial charge is 0.119 e. The molecule has 0 amide bonds. The largest absolute Gasteiger partial charge is 0.497 e. The van der Waals surface area contributed by atoms with Crippen molar-refractivity contribution < 1.29 is 4.74 Å². The van der Waals surface area contributed by atoms with Gasteiger partial charge in [0.2, 0.25) is 0 Å². The summed E-state index contributed by atoms with van der Waals surface area (Å²) in [7, 11) is 1.73. The Morgan fingerprint density at radius 2 is 1.72 bits per heavy atom. The molecule has 102 valence electrons. The van der Waals surface area contributed by atoms with Gasteiger partial charge >= 0.3 is 0 Å². The molecular weight excluding hydrogens is 222 g/mol. The molecule has 1 aromatic rings. The summed E-state index contributed by atoms with van der Waals surface area (Å²) in [4.78, 5) is 2.56. The monoisotopic (exact) mass is 249 g/mol. The topological polar surface area (TPSA) is 12.5 Å². The molecule has 0 aromatic heterocycles. The maximum atomic E-state index is 5.28. The van der Waals surface area contributed by atoms with Crippen LogP contribution in [0.4, 0.5) is 0 Å². The van der Waals surface area contributed by atoms with Crippen LogP contribution in [0.2, 0.25) is 0 Å². The molecule has 0 aliphatic rings. The minimum Gasteiger partial charge on any atom is -0.497 e. The van der Waals surface area contributed by atoms with Crippen LogP contribution in [0.3, 0.4) is 0 Å². The Kier molecular flexibility index (Phi) is 7.51. The number of methoxy groups -OCH3 is 1. The Hall–Kier alpha value is -1.02. The van der Waals surface area contributed by atoms with Crippen molar-refractivity contribution in [3.05, 3.63) is 29.8 Å². The van der Waals surface area contributed by atoms with E-state index in [1.807, 2.05) is 6.07 Å². The van der Waals surface area contributed by atoms with Gasteiger partial charge in [-0.2, -0.15) is 0 Å². The molecule has 2 heteroatoms. The number of nitrogens with zero attached hydrogens (tertiary/aromatic N) is 1. The zero-order valence-corrected chi connectivity index (χ0v) is 12.1. The fourth-order valence-corrected chi connectivity index (χ4v) is 2.06. The molecule has 0 aliphatic carbocycles. The lowest BCUT2D eigenvalue weighted by molar-refractivity contribution is 0.257. The second-order valence-corrected chi connectivity index (χ2v) is 4.83. The molecule has 1 aromatic carbocycles. The Bertz CT molecular complexity index is 317. The molecule has 0 radical (unpaired) electrons. The quantitative estimate of drug-likeness (QED) is 0.653. The molecule has 0 bridgehead atoms. The van der Waals surface area contributed by atoms with Gasteiger partial charge in [0.1, 0.15) is 5.75 Å². The van der Waals surface area contributed by atoms with E-state index in [-0.39, 0.29) is 0 Å². The highest BCUT2D eigenvalue weighted by atomic mass is 16.5. The number of ether oxygens (including phenoxy) is 1. The van der Waals surface area contributed by atoms with Crippen LogP contribution in [-0.4, -0.2) is 25.1 Å². The van der Waals surface area contributed by atoms with Gasteiger partial charge in [-0.1, -0.05) is 38.8 Å². The predicted molar refractivity (Wildman–Crippen MR) is 78.1 cm³/mol. The maximum absolute atomic E-state index is 5.28. The van der Waals surface area contributed by atoms with Gasteiger partial charge in [-0.15, -0.1) is 0 Å². The van der Waals surface area contributed by atoms with Gasteiger partial charge in [0.25, 0.3) is 0 Å². The van der Waals surface area contributed by atoms with Crippen LogP contribution >= 0.6 is 0 Å². The van der Waals surface area contributed by atoms with Crippen LogP contribution in [0.25, 0.3) is 0 Å². The minimum atomic E-state index is 0.957. The van der Waals surface area contributed by atoms with Gasteiger partial charge in [0.15, 0.2) is 0 Å². The normalized spacial score (nSPS) is 10.9. The van der Waals surface area contributed by atoms with Crippen molar-refractivity contribution in [2.75, 3.05) is 20.2 Å². The lowest BCUT2D eigenvalue weighted by Crippen LogP contribution is -2.25. The molecule has 2 nitrogen and oxygen atoms in total. The van der Waals surface area contributed by atoms with Gasteiger partial charge in [-0.25, -0.2) is 0 Å². The molecule has 0 heterocycles. The summed E-state index contributed by atoms with van der Waals surface area (Å²) in [6.07, 6.45) is 5.10. The number of hydrogen-bond acceptors (Lipinski definition) is 2. The van der Waals surface area contributed by atoms with E-state index in [1.165, 1.54) is 44.3 Å². The molecule has 1 rings (SSSR count). The van der Waals surface area contributed by atoms with Gasteiger partial charge in [0.05, 0.1) is 7.11 Å². The molecule has 0 saturated carbocycles. The van der Waals surface area contributed by atoms with Crippen LogP contribution in [0.5, 0.6) is 5.75 Å². The summed E-state index contributed by atoms with van der Waals surface area (Å²) in [6.45, 7) is 7.95. The first kappa shape index (κ1) is 15.0. The second kappa shape index (κ2) is 8.98. The summed E-state index contributed by atoms with van der Waals surface area (Å²) < 4.78 is 5.28. The standard InChI is InChI=1S/C16H27NO/c1-4-6-11-17(12-7-5-2)14-15-9-8-10-16(13-15)18-3/h8-10,13H,4-7,11-12,14H2,1-3H3. The molecule has 0 unspecified atom stereocenters. The Morgan fingerprint density at radius 1 is 1.06 bits per heavy atom. The maximum Gasteiger partial charge on any atom is 0.119 e. The van der Waals surface area contributed by atoms with Crippen LogP contribution < -0.4 is 4.74 Å². The summed E-state index contributed by atoms with van der Waals surface area (Å²) in [5, 5.41) is 0. The third-order valence-electron chi connectivity index (χ3n) is 3.20. The Labute approximate surface area is 112 Å². The third-order valence-corrected chi connectivity index (χ3v) is 3.20. The lowest BCUT2D eigenvalue weighted by Gasteiger charge is -2.22. The van der Waals surface area contributed by atoms with Crippen molar-refractivity contribution >= 4 is 0 Å². The molecule has 0 atom stereocenters. The Balaban J connectivity index is 2.56. The highest BCUT2D eigenvalue weighted by molar-refractivity contribution is 5.28. The van der Waals surface area contributed by atoms with Crippen molar-refractivity contribution in [1.82, 2.24) is 4.90 Å². The van der Waals surface area contributed by atoms with Crippen LogP contribution in [0.15, 0.2) is 24.3 Å². The van der Waals surface area contributed by atoms with Gasteiger partial charge < -0.3 is 4.74 Å². The van der Waals surface area contributed by atoms with Crippen LogP contribution in [-0.2, 0) is 6.54 Å². The summed E-state index contributed by atoms with van der Waals surface area (Å²) in [5.74, 6) is 0.957. The first-order valence-corrected chi connectivity index (χ1v) is 7.15. The molecule has 0 fully saturated rings. The van der Waals surface area contributed by atoms with Crippen molar-refractivity contribution in [1.29, 1.82) is 0 Å². The van der Waals surface area contributed by atoms with Crippen molar-refractivity contribution in [3.63, 3.8) is 0 Å². The first-order chi connectivity index (χ1) is 8.80. The molecule has 0 N–H and O–H groups in total. The van der Waals surface area contributed by atoms with E-state index in [1.54, 1.807) is 7.11 Å². The third kappa shape index (κ3) is 5.54. The van der Waals surface area contributed by atoms with E-state index in [2.05, 4.69) is 36.9 Å². The number of unbranched alkanes of at least 4 members (excludes halogenated alkanes) is 2. The molecule has 18 heavy (non-hydrogen) atoms. The van der Waals surface area contributed by atoms with Gasteiger partial charge in [0, 0.05) is 6.54 Å². The number of rotatable bonds is 9. The first-order valence-electron chi connectivity index (χ1n) is 7.15. The molecule has 0 aliphatic heterocycles. The highest BCUT2D eigenvalue weighted by Crippen LogP contribution is 2.15. The lowest BCUT2D eigenvalue weighted by atomic mass is 10.2. The fourth-order valence-electron chi connectivity index (χ4n) is 2.06. The Morgan fingerprint density at radius 3 is 2.28 bits per heavy atom. The van der Waals surface area contributed by atoms with E-state index < -0.39 is 0 Å². The van der Waals surface area contributed by atoms with Crippen LogP contribution in [0.1, 0.15) is 45.1 Å². The van der Waals surface area contributed by atoms with E-state index in [9.17, 15) is 0 Å². The summed E-state index contributed by atoms with van der Waals surface area (Å²) in [6, 6.07) is 8.41. The predicted octanol–water partition coefficient (Wildman–Crippen LogP) is 4.10. The zero-order chi connectivity index (χ0) is 13.2. The minimum absolute atomic E-state index is 0.957. The SMILES string of the molecule is CCCCN(CCCC)Cc1cccc(OC)c1. The van der Waals surface area contributed by atoms with Crippen LogP contribution in [0, 0.1) is 0 Å². The van der Waals surface area contributed by atoms with E-state index in [0.717, 1.165) is 12.3 Å². The summed E-state index contributed by atoms with van der Waals surface area (Å²) in [5.41, 5.74) is 1.35. The number of benzene rings is 1. The molecule has 0 saturated heterocycles. The number of hydrogen-bond donors (Lipinski definition) is 0. The van der Waals surface area contributed by atoms with E-state index >= 15 is 0 Å². The highest BCUT2D eigenvalue weighted by Gasteiger charge is 2.05.